The van der Waals surface area contributed by atoms with E-state index in [4.69, 9.17) is 0 Å². The predicted octanol–water partition coefficient (Wildman–Crippen LogP) is 2.90. The highest BCUT2D eigenvalue weighted by molar-refractivity contribution is 7.89. The van der Waals surface area contributed by atoms with E-state index in [-0.39, 0.29) is 10.8 Å². The quantitative estimate of drug-likeness (QED) is 0.910. The molecule has 2 aromatic rings. The number of anilines is 1. The summed E-state index contributed by atoms with van der Waals surface area (Å²) >= 11 is 0. The number of carbonyl (C=O) groups excluding carboxylic acids is 1. The molecule has 0 saturated carbocycles. The van der Waals surface area contributed by atoms with E-state index in [2.05, 4.69) is 10.3 Å². The maximum atomic E-state index is 12.9. The van der Waals surface area contributed by atoms with Gasteiger partial charge in [-0.15, -0.1) is 0 Å². The molecule has 7 heteroatoms. The highest BCUT2D eigenvalue weighted by Crippen LogP contribution is 2.21. The van der Waals surface area contributed by atoms with Crippen molar-refractivity contribution in [3.63, 3.8) is 0 Å². The van der Waals surface area contributed by atoms with Gasteiger partial charge in [0.2, 0.25) is 10.0 Å². The monoisotopic (exact) mass is 359 g/mol. The van der Waals surface area contributed by atoms with Crippen LogP contribution < -0.4 is 5.32 Å². The second kappa shape index (κ2) is 7.76. The minimum Gasteiger partial charge on any atom is -0.321 e. The van der Waals surface area contributed by atoms with Crippen LogP contribution in [0.3, 0.4) is 0 Å². The van der Waals surface area contributed by atoms with Gasteiger partial charge in [-0.05, 0) is 43.2 Å². The zero-order valence-electron chi connectivity index (χ0n) is 13.9. The van der Waals surface area contributed by atoms with Gasteiger partial charge >= 0.3 is 0 Å². The van der Waals surface area contributed by atoms with Crippen LogP contribution in [-0.2, 0) is 10.0 Å². The average Bonchev–Trinajstić information content (AvgIpc) is 2.93. The molecule has 1 amide bonds. The number of nitrogens with zero attached hydrogens (tertiary/aromatic N) is 2. The number of benzene rings is 1. The molecule has 0 aliphatic carbocycles. The summed E-state index contributed by atoms with van der Waals surface area (Å²) in [6.45, 7) is 1.07. The Morgan fingerprint density at radius 3 is 2.48 bits per heavy atom. The normalized spacial score (nSPS) is 16.2. The third-order valence-corrected chi connectivity index (χ3v) is 6.11. The summed E-state index contributed by atoms with van der Waals surface area (Å²) in [5.74, 6) is -0.360. The van der Waals surface area contributed by atoms with Crippen molar-refractivity contribution in [2.45, 2.75) is 30.6 Å². The van der Waals surface area contributed by atoms with E-state index in [0.29, 0.717) is 24.3 Å². The third-order valence-electron chi connectivity index (χ3n) is 4.22. The first-order valence-electron chi connectivity index (χ1n) is 8.39. The molecule has 1 aromatic carbocycles. The molecule has 6 nitrogen and oxygen atoms in total. The Hall–Kier alpha value is -2.25. The number of sulfonamides is 1. The summed E-state index contributed by atoms with van der Waals surface area (Å²) in [4.78, 5) is 16.5. The van der Waals surface area contributed by atoms with Gasteiger partial charge < -0.3 is 5.32 Å². The molecule has 1 aliphatic heterocycles. The minimum absolute atomic E-state index is 0.160. The van der Waals surface area contributed by atoms with Crippen LogP contribution in [0.1, 0.15) is 36.0 Å². The molecule has 1 aromatic heterocycles. The molecule has 132 valence electrons. The van der Waals surface area contributed by atoms with Crippen LogP contribution in [-0.4, -0.2) is 36.7 Å². The Morgan fingerprint density at radius 1 is 1.04 bits per heavy atom. The maximum absolute atomic E-state index is 12.9. The fourth-order valence-corrected chi connectivity index (χ4v) is 4.43. The molecule has 1 aliphatic rings. The van der Waals surface area contributed by atoms with Crippen LogP contribution in [0, 0.1) is 0 Å². The summed E-state index contributed by atoms with van der Waals surface area (Å²) in [5.41, 5.74) is 0.869. The van der Waals surface area contributed by atoms with Gasteiger partial charge in [-0.25, -0.2) is 8.42 Å². The predicted molar refractivity (Wildman–Crippen MR) is 95.9 cm³/mol. The first kappa shape index (κ1) is 17.6. The maximum Gasteiger partial charge on any atom is 0.255 e. The fourth-order valence-electron chi connectivity index (χ4n) is 2.87. The lowest BCUT2D eigenvalue weighted by atomic mass is 10.2. The molecule has 2 heterocycles. The first-order valence-corrected chi connectivity index (χ1v) is 9.83. The molecule has 1 fully saturated rings. The Kier molecular flexibility index (Phi) is 5.45. The van der Waals surface area contributed by atoms with E-state index in [1.54, 1.807) is 36.5 Å². The average molecular weight is 359 g/mol. The smallest absolute Gasteiger partial charge is 0.255 e. The first-order chi connectivity index (χ1) is 12.1. The topological polar surface area (TPSA) is 79.4 Å². The van der Waals surface area contributed by atoms with Gasteiger partial charge in [0.1, 0.15) is 0 Å². The van der Waals surface area contributed by atoms with E-state index in [1.165, 1.54) is 16.6 Å². The summed E-state index contributed by atoms with van der Waals surface area (Å²) in [7, 11) is -3.57. The number of hydrogen-bond acceptors (Lipinski definition) is 4. The number of amides is 1. The molecule has 0 atom stereocenters. The molecule has 0 radical (unpaired) electrons. The molecule has 0 bridgehead atoms. The Balaban J connectivity index is 1.81. The van der Waals surface area contributed by atoms with Crippen LogP contribution in [0.2, 0.25) is 0 Å². The van der Waals surface area contributed by atoms with Crippen LogP contribution in [0.4, 0.5) is 5.69 Å². The lowest BCUT2D eigenvalue weighted by Gasteiger charge is -2.20. The van der Waals surface area contributed by atoms with Crippen LogP contribution in [0.5, 0.6) is 0 Å². The Morgan fingerprint density at radius 2 is 1.80 bits per heavy atom. The van der Waals surface area contributed by atoms with Gasteiger partial charge in [-0.1, -0.05) is 18.9 Å². The highest BCUT2D eigenvalue weighted by Gasteiger charge is 2.25. The molecule has 25 heavy (non-hydrogen) atoms. The molecule has 1 N–H and O–H groups in total. The summed E-state index contributed by atoms with van der Waals surface area (Å²) in [6.07, 6.45) is 7.01. The van der Waals surface area contributed by atoms with Gasteiger partial charge in [0, 0.05) is 24.8 Å². The fraction of sp³-hybridized carbons (Fsp3) is 0.333. The van der Waals surface area contributed by atoms with Crippen molar-refractivity contribution in [1.29, 1.82) is 0 Å². The lowest BCUT2D eigenvalue weighted by molar-refractivity contribution is 0.102. The standard InChI is InChI=1S/C18H21N3O3S/c22-18(20-16-8-6-10-19-14-16)15-7-5-9-17(13-15)25(23,24)21-11-3-1-2-4-12-21/h5-10,13-14H,1-4,11-12H2,(H,20,22). The van der Waals surface area contributed by atoms with E-state index < -0.39 is 10.0 Å². The molecule has 0 spiro atoms. The molecule has 1 saturated heterocycles. The molecular weight excluding hydrogens is 338 g/mol. The largest absolute Gasteiger partial charge is 0.321 e. The number of rotatable bonds is 4. The number of pyridine rings is 1. The van der Waals surface area contributed by atoms with E-state index >= 15 is 0 Å². The number of nitrogens with one attached hydrogen (secondary N) is 1. The Bertz CT molecular complexity index is 830. The van der Waals surface area contributed by atoms with Gasteiger partial charge in [0.25, 0.3) is 5.91 Å². The third kappa shape index (κ3) is 4.24. The lowest BCUT2D eigenvalue weighted by Crippen LogP contribution is -2.32. The van der Waals surface area contributed by atoms with Gasteiger partial charge in [0.15, 0.2) is 0 Å². The van der Waals surface area contributed by atoms with Crippen LogP contribution >= 0.6 is 0 Å². The SMILES string of the molecule is O=C(Nc1cccnc1)c1cccc(S(=O)(=O)N2CCCCCC2)c1. The van der Waals surface area contributed by atoms with E-state index in [9.17, 15) is 13.2 Å². The van der Waals surface area contributed by atoms with Crippen molar-refractivity contribution in [3.05, 3.63) is 54.4 Å². The van der Waals surface area contributed by atoms with Crippen molar-refractivity contribution < 1.29 is 13.2 Å². The van der Waals surface area contributed by atoms with Gasteiger partial charge in [0.05, 0.1) is 16.8 Å². The summed E-state index contributed by atoms with van der Waals surface area (Å²) in [6, 6.07) is 9.63. The van der Waals surface area contributed by atoms with E-state index in [0.717, 1.165) is 25.7 Å². The Labute approximate surface area is 147 Å². The van der Waals surface area contributed by atoms with Gasteiger partial charge in [-0.3, -0.25) is 9.78 Å². The van der Waals surface area contributed by atoms with Crippen LogP contribution in [0.15, 0.2) is 53.7 Å². The number of aromatic nitrogens is 1. The molecule has 0 unspecified atom stereocenters. The van der Waals surface area contributed by atoms with Crippen molar-refractivity contribution in [2.75, 3.05) is 18.4 Å². The van der Waals surface area contributed by atoms with Crippen molar-refractivity contribution in [2.24, 2.45) is 0 Å². The molecule has 3 rings (SSSR count). The van der Waals surface area contributed by atoms with Crippen molar-refractivity contribution in [3.8, 4) is 0 Å². The zero-order valence-corrected chi connectivity index (χ0v) is 14.7. The number of hydrogen-bond donors (Lipinski definition) is 1. The minimum atomic E-state index is -3.57. The second-order valence-electron chi connectivity index (χ2n) is 6.04. The molecular formula is C18H21N3O3S. The van der Waals surface area contributed by atoms with Crippen molar-refractivity contribution in [1.82, 2.24) is 9.29 Å². The highest BCUT2D eigenvalue weighted by atomic mass is 32.2. The zero-order chi connectivity index (χ0) is 17.7. The summed E-state index contributed by atoms with van der Waals surface area (Å²) < 4.78 is 27.2. The second-order valence-corrected chi connectivity index (χ2v) is 7.98. The summed E-state index contributed by atoms with van der Waals surface area (Å²) in [5, 5.41) is 2.72. The number of carbonyl (C=O) groups is 1. The van der Waals surface area contributed by atoms with Crippen LogP contribution in [0.25, 0.3) is 0 Å². The van der Waals surface area contributed by atoms with Crippen molar-refractivity contribution >= 4 is 21.6 Å². The van der Waals surface area contributed by atoms with E-state index in [1.807, 2.05) is 0 Å². The van der Waals surface area contributed by atoms with Gasteiger partial charge in [-0.2, -0.15) is 4.31 Å².